The highest BCUT2D eigenvalue weighted by molar-refractivity contribution is 7.99. The van der Waals surface area contributed by atoms with Gasteiger partial charge in [0.2, 0.25) is 5.91 Å². The standard InChI is InChI=1S/C26H23F8NO4S2/c27-19-5-7-20(8-6-19)41(38,39)23(9-12-35(15-23)21(37)22(16-36)10-13-40-14-11-22)17-1-3-18(4-2-17)24(28,25(29,30)31)26(32,33)34/h1-8,16H,9-15H2/t23-/m0/s1. The van der Waals surface area contributed by atoms with E-state index in [4.69, 9.17) is 0 Å². The van der Waals surface area contributed by atoms with Gasteiger partial charge in [-0.05, 0) is 60.6 Å². The fraction of sp³-hybridized carbons (Fsp3) is 0.462. The third kappa shape index (κ3) is 5.02. The summed E-state index contributed by atoms with van der Waals surface area (Å²) in [7, 11) is -4.59. The van der Waals surface area contributed by atoms with Crippen molar-refractivity contribution in [1.82, 2.24) is 4.90 Å². The van der Waals surface area contributed by atoms with E-state index in [0.717, 1.165) is 29.2 Å². The molecule has 2 aliphatic rings. The summed E-state index contributed by atoms with van der Waals surface area (Å²) in [4.78, 5) is 26.3. The van der Waals surface area contributed by atoms with E-state index in [1.165, 1.54) is 11.8 Å². The lowest BCUT2D eigenvalue weighted by Gasteiger charge is -2.35. The normalized spacial score (nSPS) is 22.0. The van der Waals surface area contributed by atoms with Crippen LogP contribution in [0.25, 0.3) is 0 Å². The van der Waals surface area contributed by atoms with Crippen LogP contribution in [0.3, 0.4) is 0 Å². The van der Waals surface area contributed by atoms with Crippen molar-refractivity contribution in [2.75, 3.05) is 24.6 Å². The molecule has 2 saturated heterocycles. The fourth-order valence-electron chi connectivity index (χ4n) is 5.33. The Morgan fingerprint density at radius 2 is 1.39 bits per heavy atom. The number of halogens is 8. The first-order valence-corrected chi connectivity index (χ1v) is 14.9. The molecule has 2 heterocycles. The minimum absolute atomic E-state index is 0.205. The molecule has 41 heavy (non-hydrogen) atoms. The number of sulfone groups is 1. The second-order valence-corrected chi connectivity index (χ2v) is 13.5. The number of carbonyl (C=O) groups is 2. The molecule has 4 rings (SSSR count). The lowest BCUT2D eigenvalue weighted by molar-refractivity contribution is -0.348. The highest BCUT2D eigenvalue weighted by Crippen LogP contribution is 2.54. The summed E-state index contributed by atoms with van der Waals surface area (Å²) in [5, 5.41) is 0. The number of amides is 1. The molecule has 1 amide bonds. The van der Waals surface area contributed by atoms with Crippen LogP contribution in [-0.2, 0) is 29.8 Å². The van der Waals surface area contributed by atoms with Gasteiger partial charge in [-0.1, -0.05) is 24.3 Å². The first kappa shape index (κ1) is 31.3. The van der Waals surface area contributed by atoms with Gasteiger partial charge in [-0.3, -0.25) is 4.79 Å². The van der Waals surface area contributed by atoms with Crippen LogP contribution in [0.1, 0.15) is 30.4 Å². The number of carbonyl (C=O) groups excluding carboxylic acids is 2. The average Bonchev–Trinajstić information content (AvgIpc) is 3.39. The molecule has 224 valence electrons. The fourth-order valence-corrected chi connectivity index (χ4v) is 8.63. The Labute approximate surface area is 234 Å². The maximum Gasteiger partial charge on any atom is 0.435 e. The molecule has 0 spiro atoms. The topological polar surface area (TPSA) is 71.5 Å². The Balaban J connectivity index is 1.83. The molecular weight excluding hydrogens is 606 g/mol. The largest absolute Gasteiger partial charge is 0.435 e. The molecule has 2 aromatic rings. The SMILES string of the molecule is O=CC1(C(=O)N2CC[C@](c3ccc(C(F)(C(F)(F)F)C(F)(F)F)cc3)(S(=O)(=O)c3ccc(F)cc3)C2)CCSCC1. The second kappa shape index (κ2) is 10.5. The van der Waals surface area contributed by atoms with Crippen molar-refractivity contribution in [1.29, 1.82) is 0 Å². The summed E-state index contributed by atoms with van der Waals surface area (Å²) in [5.74, 6) is -0.408. The van der Waals surface area contributed by atoms with E-state index in [-0.39, 0.29) is 43.5 Å². The molecule has 2 aliphatic heterocycles. The number of thioether (sulfide) groups is 1. The van der Waals surface area contributed by atoms with Crippen LogP contribution in [0.4, 0.5) is 35.1 Å². The maximum atomic E-state index is 14.6. The molecule has 0 aromatic heterocycles. The van der Waals surface area contributed by atoms with E-state index in [2.05, 4.69) is 0 Å². The van der Waals surface area contributed by atoms with E-state index in [1.54, 1.807) is 0 Å². The first-order chi connectivity index (χ1) is 19.0. The minimum Gasteiger partial charge on any atom is -0.340 e. The molecule has 0 N–H and O–H groups in total. The predicted molar refractivity (Wildman–Crippen MR) is 133 cm³/mol. The Morgan fingerprint density at radius 1 is 0.854 bits per heavy atom. The van der Waals surface area contributed by atoms with Gasteiger partial charge in [0.25, 0.3) is 0 Å². The number of benzene rings is 2. The number of hydrogen-bond acceptors (Lipinski definition) is 5. The maximum absolute atomic E-state index is 14.6. The number of rotatable bonds is 6. The zero-order valence-corrected chi connectivity index (χ0v) is 22.7. The smallest absolute Gasteiger partial charge is 0.340 e. The van der Waals surface area contributed by atoms with Crippen molar-refractivity contribution in [2.24, 2.45) is 5.41 Å². The van der Waals surface area contributed by atoms with Crippen LogP contribution in [0.5, 0.6) is 0 Å². The van der Waals surface area contributed by atoms with Crippen LogP contribution >= 0.6 is 11.8 Å². The molecule has 0 aliphatic carbocycles. The summed E-state index contributed by atoms with van der Waals surface area (Å²) < 4.78 is 134. The summed E-state index contributed by atoms with van der Waals surface area (Å²) in [5.41, 5.74) is -9.24. The number of hydrogen-bond donors (Lipinski definition) is 0. The van der Waals surface area contributed by atoms with Gasteiger partial charge in [0, 0.05) is 18.7 Å². The van der Waals surface area contributed by atoms with E-state index in [1.807, 2.05) is 0 Å². The number of aldehydes is 1. The molecule has 1 atom stereocenters. The Hall–Kier alpha value is -2.68. The van der Waals surface area contributed by atoms with Crippen molar-refractivity contribution in [3.8, 4) is 0 Å². The van der Waals surface area contributed by atoms with Crippen LogP contribution in [-0.4, -0.2) is 62.5 Å². The van der Waals surface area contributed by atoms with Crippen molar-refractivity contribution >= 4 is 33.8 Å². The van der Waals surface area contributed by atoms with E-state index >= 15 is 0 Å². The predicted octanol–water partition coefficient (Wildman–Crippen LogP) is 5.73. The lowest BCUT2D eigenvalue weighted by Crippen LogP contribution is -2.50. The molecule has 2 aromatic carbocycles. The molecule has 0 saturated carbocycles. The third-order valence-corrected chi connectivity index (χ3v) is 11.3. The highest BCUT2D eigenvalue weighted by atomic mass is 32.2. The van der Waals surface area contributed by atoms with Gasteiger partial charge in [-0.25, -0.2) is 17.2 Å². The highest BCUT2D eigenvalue weighted by Gasteiger charge is 2.73. The van der Waals surface area contributed by atoms with Crippen LogP contribution < -0.4 is 0 Å². The van der Waals surface area contributed by atoms with Gasteiger partial charge in [0.1, 0.15) is 22.3 Å². The monoisotopic (exact) mass is 629 g/mol. The Kier molecular flexibility index (Phi) is 8.04. The number of nitrogens with zero attached hydrogens (tertiary/aromatic N) is 1. The summed E-state index contributed by atoms with van der Waals surface area (Å²) in [6, 6.07) is 5.33. The molecular formula is C26H23F8NO4S2. The van der Waals surface area contributed by atoms with Crippen LogP contribution in [0, 0.1) is 11.2 Å². The molecule has 0 bridgehead atoms. The zero-order chi connectivity index (χ0) is 30.5. The van der Waals surface area contributed by atoms with Gasteiger partial charge in [-0.15, -0.1) is 0 Å². The summed E-state index contributed by atoms with van der Waals surface area (Å²) >= 11 is 1.53. The molecule has 15 heteroatoms. The van der Waals surface area contributed by atoms with Crippen molar-refractivity contribution < 1.29 is 53.1 Å². The number of alkyl halides is 7. The summed E-state index contributed by atoms with van der Waals surface area (Å²) in [6.07, 6.45) is -12.2. The first-order valence-electron chi connectivity index (χ1n) is 12.2. The lowest BCUT2D eigenvalue weighted by atomic mass is 9.82. The quantitative estimate of drug-likeness (QED) is 0.177. The van der Waals surface area contributed by atoms with Gasteiger partial charge in [0.15, 0.2) is 9.84 Å². The van der Waals surface area contributed by atoms with Gasteiger partial charge in [0.05, 0.1) is 4.90 Å². The molecule has 2 fully saturated rings. The zero-order valence-electron chi connectivity index (χ0n) is 21.1. The Bertz CT molecular complexity index is 1390. The van der Waals surface area contributed by atoms with E-state index < -0.39 is 66.7 Å². The second-order valence-electron chi connectivity index (χ2n) is 10.0. The molecule has 0 radical (unpaired) electrons. The van der Waals surface area contributed by atoms with E-state index in [0.29, 0.717) is 29.9 Å². The third-order valence-electron chi connectivity index (χ3n) is 7.78. The van der Waals surface area contributed by atoms with Crippen molar-refractivity contribution in [2.45, 2.75) is 46.9 Å². The van der Waals surface area contributed by atoms with E-state index in [9.17, 15) is 53.1 Å². The summed E-state index contributed by atoms with van der Waals surface area (Å²) in [6.45, 7) is -0.797. The van der Waals surface area contributed by atoms with Gasteiger partial charge in [-0.2, -0.15) is 38.1 Å². The average molecular weight is 630 g/mol. The number of likely N-dealkylation sites (tertiary alicyclic amines) is 1. The van der Waals surface area contributed by atoms with Crippen LogP contribution in [0.2, 0.25) is 0 Å². The van der Waals surface area contributed by atoms with Gasteiger partial charge >= 0.3 is 18.0 Å². The minimum atomic E-state index is -6.37. The Morgan fingerprint density at radius 3 is 1.88 bits per heavy atom. The van der Waals surface area contributed by atoms with Crippen molar-refractivity contribution in [3.05, 3.63) is 65.5 Å². The van der Waals surface area contributed by atoms with Gasteiger partial charge < -0.3 is 9.69 Å². The molecule has 0 unspecified atom stereocenters. The molecule has 5 nitrogen and oxygen atoms in total. The van der Waals surface area contributed by atoms with Crippen molar-refractivity contribution in [3.63, 3.8) is 0 Å². The van der Waals surface area contributed by atoms with Crippen LogP contribution in [0.15, 0.2) is 53.4 Å².